The zero-order valence-electron chi connectivity index (χ0n) is 15.2. The van der Waals surface area contributed by atoms with E-state index in [0.29, 0.717) is 6.54 Å². The van der Waals surface area contributed by atoms with Crippen molar-refractivity contribution >= 4 is 17.5 Å². The number of fused-ring (bicyclic) bond motifs is 1. The summed E-state index contributed by atoms with van der Waals surface area (Å²) < 4.78 is 0. The van der Waals surface area contributed by atoms with E-state index in [-0.39, 0.29) is 23.8 Å². The fraction of sp³-hybridized carbons (Fsp3) is 0.600. The van der Waals surface area contributed by atoms with Gasteiger partial charge in [-0.15, -0.1) is 0 Å². The first-order valence-corrected chi connectivity index (χ1v) is 8.99. The molecule has 1 aromatic rings. The SMILES string of the molecule is C[C@H]1Cc2ccccc2N1C(=O)[C@H]1CCCN(C(=O)C(C)(C)C)C1. The lowest BCUT2D eigenvalue weighted by molar-refractivity contribution is -0.142. The van der Waals surface area contributed by atoms with Gasteiger partial charge >= 0.3 is 0 Å². The number of carbonyl (C=O) groups is 2. The van der Waals surface area contributed by atoms with Gasteiger partial charge in [-0.25, -0.2) is 0 Å². The van der Waals surface area contributed by atoms with Crippen LogP contribution in [0.2, 0.25) is 0 Å². The second-order valence-electron chi connectivity index (χ2n) is 8.23. The molecule has 0 radical (unpaired) electrons. The third kappa shape index (κ3) is 3.06. The summed E-state index contributed by atoms with van der Waals surface area (Å²) in [4.78, 5) is 29.6. The van der Waals surface area contributed by atoms with Crippen molar-refractivity contribution in [2.75, 3.05) is 18.0 Å². The molecule has 2 aliphatic heterocycles. The van der Waals surface area contributed by atoms with E-state index in [0.717, 1.165) is 31.5 Å². The highest BCUT2D eigenvalue weighted by Crippen LogP contribution is 2.34. The summed E-state index contributed by atoms with van der Waals surface area (Å²) in [6.45, 7) is 9.27. The summed E-state index contributed by atoms with van der Waals surface area (Å²) in [6, 6.07) is 8.37. The molecule has 1 saturated heterocycles. The van der Waals surface area contributed by atoms with Gasteiger partial charge in [0.15, 0.2) is 0 Å². The smallest absolute Gasteiger partial charge is 0.232 e. The molecule has 3 rings (SSSR count). The molecule has 0 saturated carbocycles. The van der Waals surface area contributed by atoms with Gasteiger partial charge in [0, 0.05) is 30.2 Å². The van der Waals surface area contributed by atoms with Crippen LogP contribution in [0.5, 0.6) is 0 Å². The van der Waals surface area contributed by atoms with Gasteiger partial charge in [-0.3, -0.25) is 9.59 Å². The lowest BCUT2D eigenvalue weighted by Gasteiger charge is -2.37. The number of hydrogen-bond donors (Lipinski definition) is 0. The van der Waals surface area contributed by atoms with E-state index < -0.39 is 5.41 Å². The number of piperidine rings is 1. The van der Waals surface area contributed by atoms with Gasteiger partial charge in [0.25, 0.3) is 0 Å². The van der Waals surface area contributed by atoms with Gasteiger partial charge in [-0.2, -0.15) is 0 Å². The van der Waals surface area contributed by atoms with Gasteiger partial charge in [0.05, 0.1) is 5.92 Å². The molecule has 0 aliphatic carbocycles. The van der Waals surface area contributed by atoms with Gasteiger partial charge in [-0.1, -0.05) is 39.0 Å². The average molecular weight is 328 g/mol. The standard InChI is InChI=1S/C20H28N2O2/c1-14-12-15-8-5-6-10-17(15)22(14)18(23)16-9-7-11-21(13-16)19(24)20(2,3)4/h5-6,8,10,14,16H,7,9,11-13H2,1-4H3/t14-,16-/m0/s1. The molecular formula is C20H28N2O2. The highest BCUT2D eigenvalue weighted by Gasteiger charge is 2.38. The molecule has 4 nitrogen and oxygen atoms in total. The number of rotatable bonds is 1. The van der Waals surface area contributed by atoms with Crippen molar-refractivity contribution in [1.29, 1.82) is 0 Å². The maximum absolute atomic E-state index is 13.2. The van der Waals surface area contributed by atoms with Crippen molar-refractivity contribution in [3.05, 3.63) is 29.8 Å². The van der Waals surface area contributed by atoms with Crippen molar-refractivity contribution in [3.63, 3.8) is 0 Å². The molecule has 0 unspecified atom stereocenters. The zero-order chi connectivity index (χ0) is 17.5. The summed E-state index contributed by atoms with van der Waals surface area (Å²) in [5.41, 5.74) is 1.91. The van der Waals surface area contributed by atoms with E-state index >= 15 is 0 Å². The van der Waals surface area contributed by atoms with Gasteiger partial charge < -0.3 is 9.80 Å². The Hall–Kier alpha value is -1.84. The molecule has 130 valence electrons. The summed E-state index contributed by atoms with van der Waals surface area (Å²) in [5.74, 6) is 0.243. The summed E-state index contributed by atoms with van der Waals surface area (Å²) in [5, 5.41) is 0. The Balaban J connectivity index is 1.77. The second-order valence-corrected chi connectivity index (χ2v) is 8.23. The quantitative estimate of drug-likeness (QED) is 0.794. The van der Waals surface area contributed by atoms with Crippen LogP contribution in [0.1, 0.15) is 46.1 Å². The van der Waals surface area contributed by atoms with E-state index in [4.69, 9.17) is 0 Å². The fourth-order valence-electron chi connectivity index (χ4n) is 3.94. The number of likely N-dealkylation sites (tertiary alicyclic amines) is 1. The summed E-state index contributed by atoms with van der Waals surface area (Å²) >= 11 is 0. The van der Waals surface area contributed by atoms with Crippen LogP contribution in [0.25, 0.3) is 0 Å². The molecule has 24 heavy (non-hydrogen) atoms. The molecule has 2 amide bonds. The Morgan fingerprint density at radius 1 is 1.17 bits per heavy atom. The lowest BCUT2D eigenvalue weighted by atomic mass is 9.90. The highest BCUT2D eigenvalue weighted by atomic mass is 16.2. The minimum absolute atomic E-state index is 0.0846. The normalized spacial score (nSPS) is 24.0. The van der Waals surface area contributed by atoms with Crippen LogP contribution >= 0.6 is 0 Å². The Bertz CT molecular complexity index is 647. The summed E-state index contributed by atoms with van der Waals surface area (Å²) in [7, 11) is 0. The van der Waals surface area contributed by atoms with Crippen LogP contribution in [-0.4, -0.2) is 35.8 Å². The molecule has 2 atom stereocenters. The highest BCUT2D eigenvalue weighted by molar-refractivity contribution is 5.98. The number of amides is 2. The van der Waals surface area contributed by atoms with E-state index in [1.807, 2.05) is 48.8 Å². The first-order chi connectivity index (χ1) is 11.3. The Morgan fingerprint density at radius 3 is 2.58 bits per heavy atom. The number of benzene rings is 1. The van der Waals surface area contributed by atoms with Crippen molar-refractivity contribution in [2.45, 2.75) is 53.0 Å². The fourth-order valence-corrected chi connectivity index (χ4v) is 3.94. The van der Waals surface area contributed by atoms with Crippen LogP contribution < -0.4 is 4.90 Å². The van der Waals surface area contributed by atoms with E-state index in [2.05, 4.69) is 13.0 Å². The van der Waals surface area contributed by atoms with E-state index in [1.54, 1.807) is 0 Å². The second kappa shape index (κ2) is 6.23. The van der Waals surface area contributed by atoms with Crippen LogP contribution in [0.4, 0.5) is 5.69 Å². The number of anilines is 1. The Kier molecular flexibility index (Phi) is 4.41. The molecule has 1 aromatic carbocycles. The molecule has 0 spiro atoms. The Labute approximate surface area is 144 Å². The van der Waals surface area contributed by atoms with Crippen molar-refractivity contribution < 1.29 is 9.59 Å². The van der Waals surface area contributed by atoms with Crippen LogP contribution in [-0.2, 0) is 16.0 Å². The maximum atomic E-state index is 13.2. The van der Waals surface area contributed by atoms with Gasteiger partial charge in [0.2, 0.25) is 11.8 Å². The predicted molar refractivity (Wildman–Crippen MR) is 95.9 cm³/mol. The third-order valence-electron chi connectivity index (χ3n) is 5.14. The van der Waals surface area contributed by atoms with Crippen molar-refractivity contribution in [3.8, 4) is 0 Å². The molecule has 2 aliphatic rings. The topological polar surface area (TPSA) is 40.6 Å². The Morgan fingerprint density at radius 2 is 1.88 bits per heavy atom. The predicted octanol–water partition coefficient (Wildman–Crippen LogP) is 3.25. The monoisotopic (exact) mass is 328 g/mol. The van der Waals surface area contributed by atoms with Crippen LogP contribution in [0.3, 0.4) is 0 Å². The lowest BCUT2D eigenvalue weighted by Crippen LogP contribution is -2.50. The number of hydrogen-bond acceptors (Lipinski definition) is 2. The molecule has 0 N–H and O–H groups in total. The van der Waals surface area contributed by atoms with Gasteiger partial charge in [-0.05, 0) is 37.8 Å². The molecule has 2 heterocycles. The first-order valence-electron chi connectivity index (χ1n) is 8.99. The molecule has 0 bridgehead atoms. The average Bonchev–Trinajstić information content (AvgIpc) is 2.88. The number of para-hydroxylation sites is 1. The molecular weight excluding hydrogens is 300 g/mol. The largest absolute Gasteiger partial charge is 0.341 e. The minimum Gasteiger partial charge on any atom is -0.341 e. The minimum atomic E-state index is -0.390. The first kappa shape index (κ1) is 17.0. The molecule has 1 fully saturated rings. The summed E-state index contributed by atoms with van der Waals surface area (Å²) in [6.07, 6.45) is 2.69. The van der Waals surface area contributed by atoms with E-state index in [1.165, 1.54) is 5.56 Å². The van der Waals surface area contributed by atoms with E-state index in [9.17, 15) is 9.59 Å². The third-order valence-corrected chi connectivity index (χ3v) is 5.14. The van der Waals surface area contributed by atoms with Gasteiger partial charge in [0.1, 0.15) is 0 Å². The molecule has 0 aromatic heterocycles. The zero-order valence-corrected chi connectivity index (χ0v) is 15.2. The number of carbonyl (C=O) groups excluding carboxylic acids is 2. The van der Waals surface area contributed by atoms with Crippen LogP contribution in [0, 0.1) is 11.3 Å². The van der Waals surface area contributed by atoms with Crippen LogP contribution in [0.15, 0.2) is 24.3 Å². The number of nitrogens with zero attached hydrogens (tertiary/aromatic N) is 2. The van der Waals surface area contributed by atoms with Crippen molar-refractivity contribution in [2.24, 2.45) is 11.3 Å². The van der Waals surface area contributed by atoms with Crippen molar-refractivity contribution in [1.82, 2.24) is 4.90 Å². The molecule has 4 heteroatoms. The maximum Gasteiger partial charge on any atom is 0.232 e.